The maximum Gasteiger partial charge on any atom is 0.334 e. The van der Waals surface area contributed by atoms with Crippen LogP contribution in [0.25, 0.3) is 0 Å². The second-order valence-corrected chi connectivity index (χ2v) is 8.90. The van der Waals surface area contributed by atoms with E-state index in [1.54, 1.807) is 0 Å². The van der Waals surface area contributed by atoms with Gasteiger partial charge >= 0.3 is 5.97 Å². The van der Waals surface area contributed by atoms with Gasteiger partial charge in [-0.15, -0.1) is 0 Å². The maximum absolute atomic E-state index is 12.9. The number of amides is 1. The van der Waals surface area contributed by atoms with Crippen LogP contribution >= 0.6 is 11.6 Å². The molecule has 0 N–H and O–H groups in total. The molecule has 1 saturated heterocycles. The van der Waals surface area contributed by atoms with Crippen LogP contribution in [0.15, 0.2) is 66.4 Å². The van der Waals surface area contributed by atoms with Gasteiger partial charge in [-0.2, -0.15) is 0 Å². The monoisotopic (exact) mass is 469 g/mol. The highest BCUT2D eigenvalue weighted by atomic mass is 35.5. The molecule has 0 radical (unpaired) electrons. The molecule has 1 amide bonds. The fourth-order valence-corrected chi connectivity index (χ4v) is 3.58. The number of benzene rings is 2. The van der Waals surface area contributed by atoms with E-state index in [0.29, 0.717) is 30.7 Å². The average Bonchev–Trinajstić information content (AvgIpc) is 3.63. The quantitative estimate of drug-likeness (QED) is 0.289. The van der Waals surface area contributed by atoms with Gasteiger partial charge in [0.05, 0.1) is 18.7 Å². The van der Waals surface area contributed by atoms with Crippen LogP contribution in [0.3, 0.4) is 0 Å². The molecule has 0 spiro atoms. The molecule has 0 aromatic heterocycles. The number of nitrogens with zero attached hydrogens (tertiary/aromatic N) is 1. The largest absolute Gasteiger partial charge is 0.485 e. The lowest BCUT2D eigenvalue weighted by molar-refractivity contribution is -0.143. The molecule has 1 heterocycles. The van der Waals surface area contributed by atoms with Crippen molar-refractivity contribution >= 4 is 23.5 Å². The van der Waals surface area contributed by atoms with Gasteiger partial charge in [-0.05, 0) is 49.8 Å². The number of hydrogen-bond donors (Lipinski definition) is 0. The zero-order chi connectivity index (χ0) is 23.6. The SMILES string of the molecule is CCCCOC(=O)/C=C1/OCC(c2ccc(Cl)cc2)N(CC2CC2)C1=O.Cc1ccccc1. The number of carbonyl (C=O) groups excluding carboxylic acids is 2. The highest BCUT2D eigenvalue weighted by Gasteiger charge is 2.38. The van der Waals surface area contributed by atoms with E-state index in [1.165, 1.54) is 11.6 Å². The van der Waals surface area contributed by atoms with Crippen molar-refractivity contribution in [2.45, 2.75) is 45.6 Å². The van der Waals surface area contributed by atoms with Crippen LogP contribution in [0.2, 0.25) is 5.02 Å². The first kappa shape index (κ1) is 24.8. The van der Waals surface area contributed by atoms with E-state index in [-0.39, 0.29) is 17.7 Å². The Labute approximate surface area is 201 Å². The van der Waals surface area contributed by atoms with Crippen LogP contribution in [-0.2, 0) is 19.1 Å². The summed E-state index contributed by atoms with van der Waals surface area (Å²) in [5.74, 6) is -0.185. The van der Waals surface area contributed by atoms with Crippen LogP contribution in [0.4, 0.5) is 0 Å². The van der Waals surface area contributed by atoms with Gasteiger partial charge in [0, 0.05) is 11.6 Å². The lowest BCUT2D eigenvalue weighted by Gasteiger charge is -2.37. The molecule has 6 heteroatoms. The summed E-state index contributed by atoms with van der Waals surface area (Å²) < 4.78 is 10.7. The van der Waals surface area contributed by atoms with Crippen molar-refractivity contribution in [3.8, 4) is 0 Å². The normalized spacial score (nSPS) is 18.9. The van der Waals surface area contributed by atoms with Gasteiger partial charge < -0.3 is 14.4 Å². The molecule has 1 aliphatic carbocycles. The lowest BCUT2D eigenvalue weighted by atomic mass is 10.0. The molecule has 1 aliphatic heterocycles. The van der Waals surface area contributed by atoms with Crippen molar-refractivity contribution in [1.82, 2.24) is 4.90 Å². The Hall–Kier alpha value is -2.79. The zero-order valence-corrected chi connectivity index (χ0v) is 20.1. The molecule has 0 bridgehead atoms. The molecule has 2 aliphatic rings. The van der Waals surface area contributed by atoms with E-state index in [1.807, 2.05) is 54.3 Å². The minimum absolute atomic E-state index is 0.0670. The van der Waals surface area contributed by atoms with E-state index >= 15 is 0 Å². The first-order valence-corrected chi connectivity index (χ1v) is 11.9. The number of halogens is 1. The highest BCUT2D eigenvalue weighted by molar-refractivity contribution is 6.30. The van der Waals surface area contributed by atoms with E-state index < -0.39 is 5.97 Å². The summed E-state index contributed by atoms with van der Waals surface area (Å²) in [6.45, 7) is 5.45. The standard InChI is InChI=1S/C20H24ClNO4.C7H8/c1-2-3-10-25-19(23)11-18-20(24)22(12-14-4-5-14)17(13-26-18)15-6-8-16(21)9-7-15;1-7-5-3-2-4-6-7/h6-9,11,14,17H,2-5,10,12-13H2,1H3;2-6H,1H3/b18-11+;. The molecular formula is C27H32ClNO4. The average molecular weight is 470 g/mol. The summed E-state index contributed by atoms with van der Waals surface area (Å²) in [5.41, 5.74) is 2.30. The smallest absolute Gasteiger partial charge is 0.334 e. The molecule has 4 rings (SSSR count). The summed E-state index contributed by atoms with van der Waals surface area (Å²) in [4.78, 5) is 26.6. The van der Waals surface area contributed by atoms with Crippen molar-refractivity contribution < 1.29 is 19.1 Å². The Kier molecular flexibility index (Phi) is 9.37. The topological polar surface area (TPSA) is 55.8 Å². The number of ether oxygens (including phenoxy) is 2. The highest BCUT2D eigenvalue weighted by Crippen LogP contribution is 2.36. The van der Waals surface area contributed by atoms with Gasteiger partial charge in [-0.1, -0.05) is 73.0 Å². The van der Waals surface area contributed by atoms with Gasteiger partial charge in [0.2, 0.25) is 0 Å². The third-order valence-electron chi connectivity index (χ3n) is 5.58. The lowest BCUT2D eigenvalue weighted by Crippen LogP contribution is -2.44. The summed E-state index contributed by atoms with van der Waals surface area (Å²) in [6.07, 6.45) is 5.19. The van der Waals surface area contributed by atoms with Gasteiger partial charge in [0.15, 0.2) is 5.76 Å². The Balaban J connectivity index is 0.000000374. The number of unbranched alkanes of at least 4 members (excludes halogenated alkanes) is 1. The molecule has 1 saturated carbocycles. The number of hydrogen-bond acceptors (Lipinski definition) is 4. The van der Waals surface area contributed by atoms with Gasteiger partial charge in [-0.3, -0.25) is 4.79 Å². The Morgan fingerprint density at radius 3 is 2.42 bits per heavy atom. The van der Waals surface area contributed by atoms with Crippen LogP contribution in [0, 0.1) is 12.8 Å². The zero-order valence-electron chi connectivity index (χ0n) is 19.3. The van der Waals surface area contributed by atoms with Crippen molar-refractivity contribution in [2.24, 2.45) is 5.92 Å². The summed E-state index contributed by atoms with van der Waals surface area (Å²) >= 11 is 5.97. The summed E-state index contributed by atoms with van der Waals surface area (Å²) in [6, 6.07) is 17.5. The Morgan fingerprint density at radius 1 is 1.15 bits per heavy atom. The van der Waals surface area contributed by atoms with Gasteiger partial charge in [-0.25, -0.2) is 4.79 Å². The summed E-state index contributed by atoms with van der Waals surface area (Å²) in [7, 11) is 0. The molecule has 2 aromatic carbocycles. The third-order valence-corrected chi connectivity index (χ3v) is 5.83. The Morgan fingerprint density at radius 2 is 1.85 bits per heavy atom. The molecule has 2 fully saturated rings. The maximum atomic E-state index is 12.9. The third kappa shape index (κ3) is 7.93. The second kappa shape index (κ2) is 12.4. The van der Waals surface area contributed by atoms with E-state index in [2.05, 4.69) is 19.1 Å². The van der Waals surface area contributed by atoms with Crippen molar-refractivity contribution in [3.05, 3.63) is 82.6 Å². The molecule has 2 aromatic rings. The Bertz CT molecular complexity index is 938. The minimum atomic E-state index is -0.530. The number of carbonyl (C=O) groups is 2. The molecular weight excluding hydrogens is 438 g/mol. The second-order valence-electron chi connectivity index (χ2n) is 8.46. The predicted molar refractivity (Wildman–Crippen MR) is 130 cm³/mol. The van der Waals surface area contributed by atoms with Crippen molar-refractivity contribution in [3.63, 3.8) is 0 Å². The van der Waals surface area contributed by atoms with Crippen LogP contribution in [0.5, 0.6) is 0 Å². The number of morpholine rings is 1. The van der Waals surface area contributed by atoms with Crippen LogP contribution in [-0.4, -0.2) is 36.5 Å². The first-order valence-electron chi connectivity index (χ1n) is 11.6. The fourth-order valence-electron chi connectivity index (χ4n) is 3.46. The number of aryl methyl sites for hydroxylation is 1. The van der Waals surface area contributed by atoms with Crippen molar-refractivity contribution in [2.75, 3.05) is 19.8 Å². The van der Waals surface area contributed by atoms with E-state index in [9.17, 15) is 9.59 Å². The van der Waals surface area contributed by atoms with E-state index in [0.717, 1.165) is 31.2 Å². The van der Waals surface area contributed by atoms with Gasteiger partial charge in [0.25, 0.3) is 5.91 Å². The van der Waals surface area contributed by atoms with Crippen LogP contribution in [0.1, 0.15) is 49.8 Å². The number of rotatable bonds is 7. The number of esters is 1. The van der Waals surface area contributed by atoms with Crippen molar-refractivity contribution in [1.29, 1.82) is 0 Å². The molecule has 1 atom stereocenters. The molecule has 33 heavy (non-hydrogen) atoms. The molecule has 176 valence electrons. The fraction of sp³-hybridized carbons (Fsp3) is 0.407. The van der Waals surface area contributed by atoms with E-state index in [4.69, 9.17) is 21.1 Å². The summed E-state index contributed by atoms with van der Waals surface area (Å²) in [5, 5.41) is 0.654. The predicted octanol–water partition coefficient (Wildman–Crippen LogP) is 5.87. The molecule has 5 nitrogen and oxygen atoms in total. The first-order chi connectivity index (χ1) is 16.0. The molecule has 1 unspecified atom stereocenters. The van der Waals surface area contributed by atoms with Crippen LogP contribution < -0.4 is 0 Å². The van der Waals surface area contributed by atoms with Gasteiger partial charge in [0.1, 0.15) is 6.61 Å². The minimum Gasteiger partial charge on any atom is -0.485 e.